The van der Waals surface area contributed by atoms with Gasteiger partial charge in [0.2, 0.25) is 11.9 Å². The Morgan fingerprint density at radius 2 is 1.70 bits per heavy atom. The Balaban J connectivity index is 1.41. The van der Waals surface area contributed by atoms with Crippen molar-refractivity contribution >= 4 is 57.5 Å². The lowest BCUT2D eigenvalue weighted by atomic mass is 9.85. The van der Waals surface area contributed by atoms with Gasteiger partial charge < -0.3 is 30.3 Å². The Bertz CT molecular complexity index is 1560. The van der Waals surface area contributed by atoms with E-state index in [1.54, 1.807) is 11.9 Å². The molecule has 0 bridgehead atoms. The molecule has 0 unspecified atom stereocenters. The van der Waals surface area contributed by atoms with E-state index in [1.807, 2.05) is 35.9 Å². The van der Waals surface area contributed by atoms with Gasteiger partial charge in [-0.05, 0) is 60.4 Å². The molecule has 2 fully saturated rings. The van der Waals surface area contributed by atoms with Crippen molar-refractivity contribution in [3.63, 3.8) is 0 Å². The number of halogens is 5. The summed E-state index contributed by atoms with van der Waals surface area (Å²) in [7, 11) is 3.71. The number of piperazine rings is 1. The zero-order chi connectivity index (χ0) is 33.4. The fourth-order valence-electron chi connectivity index (χ4n) is 6.19. The molecule has 2 aliphatic rings. The largest absolute Gasteiger partial charge is 0.391 e. The van der Waals surface area contributed by atoms with Crippen molar-refractivity contribution in [3.05, 3.63) is 45.4 Å². The predicted octanol–water partition coefficient (Wildman–Crippen LogP) is 7.25. The Labute approximate surface area is 279 Å². The highest BCUT2D eigenvalue weighted by atomic mass is 35.5. The standard InChI is InChI=1S/C33H44Cl2F3N7O/c1-32(2,3)19-39-16-20-6-11-24(34)30(29(20)35)42-31-41-25-14-21(17-40-23-9-7-22(8-10-23)33(36,37)38)26(15-27(25)44(31)5)45-13-12-43(4)28(46)18-45/h6,11,14-15,22-23,39-40H,7-10,12-13,16-19H2,1-5H3,(H,41,42). The van der Waals surface area contributed by atoms with Crippen LogP contribution in [0.2, 0.25) is 10.0 Å². The van der Waals surface area contributed by atoms with Gasteiger partial charge in [0, 0.05) is 58.5 Å². The molecule has 0 atom stereocenters. The fourth-order valence-corrected chi connectivity index (χ4v) is 6.72. The second-order valence-corrected chi connectivity index (χ2v) is 14.6. The number of benzene rings is 2. The Hall–Kier alpha value is -2.73. The Morgan fingerprint density at radius 1 is 0.978 bits per heavy atom. The summed E-state index contributed by atoms with van der Waals surface area (Å²) in [4.78, 5) is 21.4. The first kappa shape index (κ1) is 34.6. The smallest absolute Gasteiger partial charge is 0.360 e. The molecule has 2 aromatic carbocycles. The van der Waals surface area contributed by atoms with Crippen LogP contribution in [0.3, 0.4) is 0 Å². The molecule has 0 radical (unpaired) electrons. The number of nitrogens with zero attached hydrogens (tertiary/aromatic N) is 4. The van der Waals surface area contributed by atoms with Crippen molar-refractivity contribution < 1.29 is 18.0 Å². The minimum absolute atomic E-state index is 0.00771. The summed E-state index contributed by atoms with van der Waals surface area (Å²) in [6.07, 6.45) is -2.93. The number of carbonyl (C=O) groups excluding carboxylic acids is 1. The third-order valence-corrected chi connectivity index (χ3v) is 9.78. The van der Waals surface area contributed by atoms with Crippen molar-refractivity contribution in [2.75, 3.05) is 43.4 Å². The van der Waals surface area contributed by atoms with Crippen LogP contribution in [0.25, 0.3) is 11.0 Å². The number of aromatic nitrogens is 2. The van der Waals surface area contributed by atoms with E-state index in [1.165, 1.54) is 0 Å². The maximum atomic E-state index is 13.2. The van der Waals surface area contributed by atoms with Crippen molar-refractivity contribution in [2.45, 2.75) is 71.8 Å². The number of carbonyl (C=O) groups is 1. The fraction of sp³-hybridized carbons (Fsp3) is 0.576. The minimum Gasteiger partial charge on any atom is -0.360 e. The number of aryl methyl sites for hydroxylation is 1. The summed E-state index contributed by atoms with van der Waals surface area (Å²) in [5.74, 6) is -0.644. The molecule has 46 heavy (non-hydrogen) atoms. The highest BCUT2D eigenvalue weighted by molar-refractivity contribution is 6.39. The second-order valence-electron chi connectivity index (χ2n) is 13.9. The van der Waals surface area contributed by atoms with E-state index >= 15 is 0 Å². The van der Waals surface area contributed by atoms with Gasteiger partial charge >= 0.3 is 6.18 Å². The summed E-state index contributed by atoms with van der Waals surface area (Å²) in [5, 5.41) is 11.3. The maximum Gasteiger partial charge on any atom is 0.391 e. The Kier molecular flexibility index (Phi) is 10.4. The molecule has 1 saturated heterocycles. The SMILES string of the molecule is CN1CCN(c2cc3c(cc2CNC2CCC(C(F)(F)F)CC2)nc(Nc2c(Cl)ccc(CNCC(C)(C)C)c2Cl)n3C)CC1=O. The average Bonchev–Trinajstić information content (AvgIpc) is 3.29. The lowest BCUT2D eigenvalue weighted by Gasteiger charge is -2.35. The van der Waals surface area contributed by atoms with Crippen LogP contribution in [0.4, 0.5) is 30.5 Å². The first-order valence-corrected chi connectivity index (χ1v) is 16.6. The van der Waals surface area contributed by atoms with E-state index in [9.17, 15) is 18.0 Å². The molecule has 2 heterocycles. The summed E-state index contributed by atoms with van der Waals surface area (Å²) < 4.78 is 41.6. The molecule has 3 N–H and O–H groups in total. The number of hydrogen-bond donors (Lipinski definition) is 3. The van der Waals surface area contributed by atoms with Crippen LogP contribution >= 0.6 is 23.2 Å². The third-order valence-electron chi connectivity index (χ3n) is 9.03. The number of nitrogens with one attached hydrogen (secondary N) is 3. The molecule has 1 aliphatic heterocycles. The van der Waals surface area contributed by atoms with E-state index in [0.29, 0.717) is 60.7 Å². The molecule has 3 aromatic rings. The monoisotopic (exact) mass is 681 g/mol. The summed E-state index contributed by atoms with van der Waals surface area (Å²) in [6, 6.07) is 7.77. The average molecular weight is 683 g/mol. The molecular formula is C33H44Cl2F3N7O. The van der Waals surface area contributed by atoms with Crippen molar-refractivity contribution in [3.8, 4) is 0 Å². The normalized spacial score (nSPS) is 19.7. The van der Waals surface area contributed by atoms with Gasteiger partial charge in [-0.3, -0.25) is 4.79 Å². The van der Waals surface area contributed by atoms with Gasteiger partial charge in [0.05, 0.1) is 39.2 Å². The van der Waals surface area contributed by atoms with Gasteiger partial charge in [-0.15, -0.1) is 0 Å². The Morgan fingerprint density at radius 3 is 2.35 bits per heavy atom. The molecule has 0 spiro atoms. The number of likely N-dealkylation sites (N-methyl/N-ethyl adjacent to an activating group) is 1. The first-order chi connectivity index (χ1) is 21.6. The predicted molar refractivity (Wildman–Crippen MR) is 180 cm³/mol. The number of anilines is 3. The maximum absolute atomic E-state index is 13.2. The summed E-state index contributed by atoms with van der Waals surface area (Å²) >= 11 is 13.5. The van der Waals surface area contributed by atoms with Gasteiger partial charge in [0.25, 0.3) is 0 Å². The number of rotatable bonds is 9. The van der Waals surface area contributed by atoms with Gasteiger partial charge in [-0.1, -0.05) is 50.0 Å². The van der Waals surface area contributed by atoms with Crippen molar-refractivity contribution in [2.24, 2.45) is 18.4 Å². The zero-order valence-corrected chi connectivity index (χ0v) is 28.6. The lowest BCUT2D eigenvalue weighted by molar-refractivity contribution is -0.182. The number of imidazole rings is 1. The van der Waals surface area contributed by atoms with E-state index < -0.39 is 12.1 Å². The van der Waals surface area contributed by atoms with Crippen LogP contribution < -0.4 is 20.9 Å². The van der Waals surface area contributed by atoms with E-state index in [-0.39, 0.29) is 36.8 Å². The number of fused-ring (bicyclic) bond motifs is 1. The van der Waals surface area contributed by atoms with Crippen LogP contribution in [-0.4, -0.2) is 65.8 Å². The van der Waals surface area contributed by atoms with Crippen LogP contribution in [0.5, 0.6) is 0 Å². The van der Waals surface area contributed by atoms with Crippen LogP contribution in [0, 0.1) is 11.3 Å². The molecule has 1 saturated carbocycles. The van der Waals surface area contributed by atoms with Gasteiger partial charge in [-0.25, -0.2) is 4.98 Å². The molecule has 1 amide bonds. The molecular weight excluding hydrogens is 638 g/mol. The van der Waals surface area contributed by atoms with Gasteiger partial charge in [0.15, 0.2) is 0 Å². The molecule has 252 valence electrons. The van der Waals surface area contributed by atoms with E-state index in [2.05, 4.69) is 41.6 Å². The van der Waals surface area contributed by atoms with E-state index in [0.717, 1.165) is 34.4 Å². The van der Waals surface area contributed by atoms with Crippen LogP contribution in [0.1, 0.15) is 57.6 Å². The van der Waals surface area contributed by atoms with Crippen LogP contribution in [0.15, 0.2) is 24.3 Å². The summed E-state index contributed by atoms with van der Waals surface area (Å²) in [5.41, 5.74) is 5.05. The number of hydrogen-bond acceptors (Lipinski definition) is 6. The highest BCUT2D eigenvalue weighted by Gasteiger charge is 2.41. The molecule has 1 aliphatic carbocycles. The highest BCUT2D eigenvalue weighted by Crippen LogP contribution is 2.39. The van der Waals surface area contributed by atoms with Gasteiger partial charge in [-0.2, -0.15) is 13.2 Å². The molecule has 8 nitrogen and oxygen atoms in total. The number of alkyl halides is 3. The minimum atomic E-state index is -4.14. The number of amides is 1. The quantitative estimate of drug-likeness (QED) is 0.221. The molecule has 1 aromatic heterocycles. The lowest BCUT2D eigenvalue weighted by Crippen LogP contribution is -2.49. The topological polar surface area (TPSA) is 77.5 Å². The third kappa shape index (κ3) is 8.03. The summed E-state index contributed by atoms with van der Waals surface area (Å²) in [6.45, 7) is 9.88. The van der Waals surface area contributed by atoms with Crippen molar-refractivity contribution in [1.29, 1.82) is 0 Å². The molecule has 5 rings (SSSR count). The van der Waals surface area contributed by atoms with E-state index in [4.69, 9.17) is 28.2 Å². The second kappa shape index (κ2) is 13.8. The molecule has 13 heteroatoms. The van der Waals surface area contributed by atoms with Gasteiger partial charge in [0.1, 0.15) is 0 Å². The van der Waals surface area contributed by atoms with Crippen LogP contribution in [-0.2, 0) is 24.9 Å². The first-order valence-electron chi connectivity index (χ1n) is 15.8. The zero-order valence-electron chi connectivity index (χ0n) is 27.1. The van der Waals surface area contributed by atoms with Crippen molar-refractivity contribution in [1.82, 2.24) is 25.1 Å².